The van der Waals surface area contributed by atoms with Crippen LogP contribution in [0.3, 0.4) is 0 Å². The fourth-order valence-corrected chi connectivity index (χ4v) is 4.77. The molecule has 8 nitrogen and oxygen atoms in total. The summed E-state index contributed by atoms with van der Waals surface area (Å²) in [6.45, 7) is 0. The molecular formula is C23H15Cl2N3O5. The number of rotatable bonds is 4. The fourth-order valence-electron chi connectivity index (χ4n) is 4.25. The summed E-state index contributed by atoms with van der Waals surface area (Å²) in [4.78, 5) is 44.3. The lowest BCUT2D eigenvalue weighted by Gasteiger charge is -2.29. The van der Waals surface area contributed by atoms with Gasteiger partial charge in [-0.2, -0.15) is 0 Å². The molecule has 0 aromatic heterocycles. The quantitative estimate of drug-likeness (QED) is 0.296. The number of anilines is 2. The lowest BCUT2D eigenvalue weighted by molar-refractivity contribution is -0.384. The highest BCUT2D eigenvalue weighted by Crippen LogP contribution is 2.49. The van der Waals surface area contributed by atoms with E-state index in [0.29, 0.717) is 21.3 Å². The molecule has 0 spiro atoms. The first-order valence-electron chi connectivity index (χ1n) is 9.95. The number of nitrogens with zero attached hydrogens (tertiary/aromatic N) is 3. The number of hydrogen-bond acceptors (Lipinski definition) is 6. The number of amides is 2. The molecule has 3 atom stereocenters. The van der Waals surface area contributed by atoms with Gasteiger partial charge >= 0.3 is 0 Å². The van der Waals surface area contributed by atoms with E-state index in [4.69, 9.17) is 28.0 Å². The largest absolute Gasteiger partial charge is 0.273 e. The summed E-state index contributed by atoms with van der Waals surface area (Å²) in [7, 11) is 0. The topological polar surface area (TPSA) is 93.0 Å². The maximum atomic E-state index is 13.6. The number of nitro benzene ring substituents is 1. The van der Waals surface area contributed by atoms with E-state index in [2.05, 4.69) is 0 Å². The van der Waals surface area contributed by atoms with Crippen LogP contribution < -0.4 is 9.96 Å². The molecule has 0 N–H and O–H groups in total. The first kappa shape index (κ1) is 21.4. The van der Waals surface area contributed by atoms with Crippen LogP contribution in [0.2, 0.25) is 10.0 Å². The fraction of sp³-hybridized carbons (Fsp3) is 0.130. The Balaban J connectivity index is 1.58. The van der Waals surface area contributed by atoms with Crippen molar-refractivity contribution in [1.82, 2.24) is 0 Å². The molecular weight excluding hydrogens is 469 g/mol. The van der Waals surface area contributed by atoms with Crippen molar-refractivity contribution in [2.45, 2.75) is 12.1 Å². The van der Waals surface area contributed by atoms with Gasteiger partial charge in [0.05, 0.1) is 22.3 Å². The predicted molar refractivity (Wildman–Crippen MR) is 122 cm³/mol. The van der Waals surface area contributed by atoms with Gasteiger partial charge in [-0.25, -0.2) is 9.96 Å². The average Bonchev–Trinajstić information content (AvgIpc) is 3.30. The van der Waals surface area contributed by atoms with Crippen molar-refractivity contribution in [2.24, 2.45) is 5.92 Å². The number of imide groups is 1. The molecule has 3 aromatic rings. The molecule has 2 saturated heterocycles. The number of non-ortho nitro benzene ring substituents is 1. The Morgan fingerprint density at radius 2 is 1.58 bits per heavy atom. The van der Waals surface area contributed by atoms with E-state index in [-0.39, 0.29) is 11.4 Å². The summed E-state index contributed by atoms with van der Waals surface area (Å²) in [6.07, 6.45) is -1.08. The molecule has 0 radical (unpaired) electrons. The summed E-state index contributed by atoms with van der Waals surface area (Å²) in [6, 6.07) is 18.6. The minimum atomic E-state index is -1.08. The molecule has 3 aromatic carbocycles. The highest BCUT2D eigenvalue weighted by Gasteiger charge is 2.60. The van der Waals surface area contributed by atoms with Gasteiger partial charge in [0.2, 0.25) is 5.91 Å². The molecule has 0 bridgehead atoms. The zero-order valence-electron chi connectivity index (χ0n) is 16.8. The van der Waals surface area contributed by atoms with Crippen molar-refractivity contribution in [3.05, 3.63) is 98.5 Å². The predicted octanol–water partition coefficient (Wildman–Crippen LogP) is 4.95. The second-order valence-electron chi connectivity index (χ2n) is 7.61. The Bertz CT molecular complexity index is 1270. The van der Waals surface area contributed by atoms with Crippen molar-refractivity contribution in [2.75, 3.05) is 9.96 Å². The monoisotopic (exact) mass is 483 g/mol. The highest BCUT2D eigenvalue weighted by molar-refractivity contribution is 6.35. The highest BCUT2D eigenvalue weighted by atomic mass is 35.5. The molecule has 2 fully saturated rings. The van der Waals surface area contributed by atoms with Gasteiger partial charge in [-0.05, 0) is 42.0 Å². The number of halogens is 2. The maximum Gasteiger partial charge on any atom is 0.269 e. The number of nitro groups is 1. The van der Waals surface area contributed by atoms with Crippen LogP contribution in [0.1, 0.15) is 11.6 Å². The van der Waals surface area contributed by atoms with Crippen LogP contribution >= 0.6 is 23.2 Å². The van der Waals surface area contributed by atoms with Crippen LogP contribution in [0.25, 0.3) is 0 Å². The van der Waals surface area contributed by atoms with E-state index in [1.807, 2.05) is 18.2 Å². The van der Waals surface area contributed by atoms with Crippen molar-refractivity contribution in [3.63, 3.8) is 0 Å². The first-order chi connectivity index (χ1) is 15.9. The van der Waals surface area contributed by atoms with E-state index < -0.39 is 34.8 Å². The summed E-state index contributed by atoms with van der Waals surface area (Å²) in [5.74, 6) is -1.91. The van der Waals surface area contributed by atoms with Gasteiger partial charge in [-0.1, -0.05) is 47.5 Å². The third-order valence-corrected chi connectivity index (χ3v) is 6.29. The Morgan fingerprint density at radius 3 is 2.21 bits per heavy atom. The Labute approximate surface area is 198 Å². The van der Waals surface area contributed by atoms with Crippen LogP contribution in [-0.2, 0) is 14.4 Å². The van der Waals surface area contributed by atoms with Gasteiger partial charge in [0.25, 0.3) is 11.6 Å². The number of carbonyl (C=O) groups is 2. The molecule has 2 aliphatic rings. The first-order valence-corrected chi connectivity index (χ1v) is 10.7. The minimum Gasteiger partial charge on any atom is -0.273 e. The summed E-state index contributed by atoms with van der Waals surface area (Å²) < 4.78 is 0. The average molecular weight is 484 g/mol. The molecule has 10 heteroatoms. The van der Waals surface area contributed by atoms with Crippen molar-refractivity contribution >= 4 is 52.1 Å². The van der Waals surface area contributed by atoms with E-state index >= 15 is 0 Å². The number of para-hydroxylation sites is 1. The van der Waals surface area contributed by atoms with E-state index in [1.165, 1.54) is 29.3 Å². The Morgan fingerprint density at radius 1 is 0.879 bits per heavy atom. The van der Waals surface area contributed by atoms with E-state index in [1.54, 1.807) is 30.3 Å². The third kappa shape index (κ3) is 3.52. The number of carbonyl (C=O) groups excluding carboxylic acids is 2. The zero-order valence-corrected chi connectivity index (χ0v) is 18.3. The number of hydroxylamine groups is 1. The van der Waals surface area contributed by atoms with Gasteiger partial charge in [0, 0.05) is 22.2 Å². The number of hydrogen-bond donors (Lipinski definition) is 0. The van der Waals surface area contributed by atoms with E-state index in [0.717, 1.165) is 4.90 Å². The second-order valence-corrected chi connectivity index (χ2v) is 8.45. The van der Waals surface area contributed by atoms with Gasteiger partial charge in [0.15, 0.2) is 6.10 Å². The van der Waals surface area contributed by atoms with Crippen molar-refractivity contribution in [1.29, 1.82) is 0 Å². The molecule has 2 amide bonds. The molecule has 2 heterocycles. The number of benzene rings is 3. The maximum absolute atomic E-state index is 13.6. The zero-order chi connectivity index (χ0) is 23.3. The summed E-state index contributed by atoms with van der Waals surface area (Å²) >= 11 is 12.6. The van der Waals surface area contributed by atoms with Crippen LogP contribution in [0.5, 0.6) is 0 Å². The van der Waals surface area contributed by atoms with Crippen LogP contribution in [0.15, 0.2) is 72.8 Å². The Hall–Kier alpha value is -3.46. The Kier molecular flexibility index (Phi) is 5.28. The molecule has 166 valence electrons. The SMILES string of the molecule is O=C1[C@H]2[C@@H](c3ccc(Cl)cc3Cl)N(c3ccccc3)O[C@H]2C(=O)N1c1ccc([N+](=O)[O-])cc1. The smallest absolute Gasteiger partial charge is 0.269 e. The van der Waals surface area contributed by atoms with Crippen molar-refractivity contribution < 1.29 is 19.3 Å². The third-order valence-electron chi connectivity index (χ3n) is 5.73. The van der Waals surface area contributed by atoms with Crippen LogP contribution in [0.4, 0.5) is 17.1 Å². The van der Waals surface area contributed by atoms with Gasteiger partial charge in [0.1, 0.15) is 5.92 Å². The normalized spacial score (nSPS) is 22.1. The number of fused-ring (bicyclic) bond motifs is 1. The lowest BCUT2D eigenvalue weighted by Crippen LogP contribution is -2.37. The molecule has 0 aliphatic carbocycles. The van der Waals surface area contributed by atoms with E-state index in [9.17, 15) is 19.7 Å². The summed E-state index contributed by atoms with van der Waals surface area (Å²) in [5.41, 5.74) is 1.34. The van der Waals surface area contributed by atoms with Gasteiger partial charge in [-0.15, -0.1) is 0 Å². The standard InChI is InChI=1S/C23H15Cl2N3O5/c24-13-6-11-17(18(25)12-13)20-19-21(33-27(20)15-4-2-1-3-5-15)23(30)26(22(19)29)14-7-9-16(10-8-14)28(31)32/h1-12,19-21H/t19-,20+,21+/m0/s1. The molecule has 0 saturated carbocycles. The summed E-state index contributed by atoms with van der Waals surface area (Å²) in [5, 5.41) is 13.3. The molecule has 0 unspecified atom stereocenters. The molecule has 2 aliphatic heterocycles. The molecule has 33 heavy (non-hydrogen) atoms. The van der Waals surface area contributed by atoms with Crippen molar-refractivity contribution in [3.8, 4) is 0 Å². The van der Waals surface area contributed by atoms with Gasteiger partial charge < -0.3 is 0 Å². The van der Waals surface area contributed by atoms with Crippen LogP contribution in [0, 0.1) is 16.0 Å². The van der Waals surface area contributed by atoms with Crippen LogP contribution in [-0.4, -0.2) is 22.8 Å². The van der Waals surface area contributed by atoms with Gasteiger partial charge in [-0.3, -0.25) is 24.5 Å². The minimum absolute atomic E-state index is 0.143. The second kappa shape index (κ2) is 8.15. The lowest BCUT2D eigenvalue weighted by atomic mass is 9.90. The molecule has 5 rings (SSSR count).